The molecule has 0 spiro atoms. The molecule has 1 heterocycles. The third-order valence-electron chi connectivity index (χ3n) is 9.49. The Bertz CT molecular complexity index is 779. The molecule has 0 amide bonds. The molecule has 0 radical (unpaired) electrons. The van der Waals surface area contributed by atoms with Crippen molar-refractivity contribution in [3.63, 3.8) is 0 Å². The highest BCUT2D eigenvalue weighted by atomic mass is 16.7. The minimum absolute atomic E-state index is 0.210. The summed E-state index contributed by atoms with van der Waals surface area (Å²) >= 11 is 0. The Labute approximate surface area is 298 Å². The maximum atomic E-state index is 12.7. The van der Waals surface area contributed by atoms with Crippen LogP contribution in [0.25, 0.3) is 0 Å². The summed E-state index contributed by atoms with van der Waals surface area (Å²) < 4.78 is 22.1. The third-order valence-corrected chi connectivity index (χ3v) is 9.49. The minimum Gasteiger partial charge on any atom is -0.462 e. The van der Waals surface area contributed by atoms with Gasteiger partial charge in [-0.05, 0) is 12.8 Å². The second-order valence-electron chi connectivity index (χ2n) is 14.1. The first kappa shape index (κ1) is 45.7. The molecular weight excluding hydrogens is 628 g/mol. The Balaban J connectivity index is 2.38. The van der Waals surface area contributed by atoms with Crippen LogP contribution in [0.15, 0.2) is 0 Å². The Morgan fingerprint density at radius 3 is 1.39 bits per heavy atom. The fraction of sp³-hybridized carbons (Fsp3) is 0.949. The van der Waals surface area contributed by atoms with Gasteiger partial charge in [-0.25, -0.2) is 0 Å². The number of aliphatic hydroxyl groups excluding tert-OH is 4. The lowest BCUT2D eigenvalue weighted by Gasteiger charge is -2.39. The van der Waals surface area contributed by atoms with Crippen LogP contribution in [0.3, 0.4) is 0 Å². The molecule has 49 heavy (non-hydrogen) atoms. The molecule has 4 N–H and O–H groups in total. The first-order chi connectivity index (χ1) is 23.8. The molecule has 10 heteroatoms. The van der Waals surface area contributed by atoms with E-state index in [0.717, 1.165) is 38.5 Å². The van der Waals surface area contributed by atoms with Crippen LogP contribution in [0.2, 0.25) is 0 Å². The fourth-order valence-corrected chi connectivity index (χ4v) is 6.25. The Hall–Kier alpha value is -1.30. The summed E-state index contributed by atoms with van der Waals surface area (Å²) in [6.45, 7) is 3.41. The molecule has 0 aromatic rings. The van der Waals surface area contributed by atoms with E-state index in [4.69, 9.17) is 18.9 Å². The normalized spacial score (nSPS) is 21.5. The largest absolute Gasteiger partial charge is 0.462 e. The molecule has 0 saturated carbocycles. The second kappa shape index (κ2) is 31.4. The van der Waals surface area contributed by atoms with Gasteiger partial charge in [-0.2, -0.15) is 0 Å². The number of hydrogen-bond acceptors (Lipinski definition) is 10. The van der Waals surface area contributed by atoms with Gasteiger partial charge in [0.25, 0.3) is 0 Å². The lowest BCUT2D eigenvalue weighted by atomic mass is 9.99. The van der Waals surface area contributed by atoms with Crippen molar-refractivity contribution in [2.45, 2.75) is 218 Å². The van der Waals surface area contributed by atoms with E-state index in [0.29, 0.717) is 6.42 Å². The molecule has 1 fully saturated rings. The van der Waals surface area contributed by atoms with Crippen molar-refractivity contribution in [1.82, 2.24) is 0 Å². The molecule has 1 aliphatic rings. The standard InChI is InChI=1S/C39H74O10/c1-3-5-7-9-11-13-15-17-19-21-23-25-27-34(41)46-30-32(31-47-39-38(45)37(44)36(43)33(29-40)49-39)48-35(42)28-26-24-22-20-18-16-14-12-10-8-6-4-2/h32-33,36-40,43-45H,3-31H2,1-2H3/t32-,33-,36+,37?,38?,39-/m0/s1. The zero-order chi connectivity index (χ0) is 36.0. The molecule has 0 bridgehead atoms. The van der Waals surface area contributed by atoms with Crippen LogP contribution in [0.4, 0.5) is 0 Å². The maximum Gasteiger partial charge on any atom is 0.306 e. The van der Waals surface area contributed by atoms with E-state index in [1.165, 1.54) is 109 Å². The van der Waals surface area contributed by atoms with E-state index in [1.807, 2.05) is 0 Å². The lowest BCUT2D eigenvalue weighted by molar-refractivity contribution is -0.305. The molecule has 2 unspecified atom stereocenters. The maximum absolute atomic E-state index is 12.7. The SMILES string of the molecule is CCCCCCCCCCCCCCC(=O)OC[C@@H](CO[C@H]1O[C@@H](CO)[C@@H](O)C(O)C1O)OC(=O)CCCCCCCCCCCCCC. The molecule has 0 aromatic carbocycles. The van der Waals surface area contributed by atoms with Crippen molar-refractivity contribution in [3.8, 4) is 0 Å². The molecule has 1 saturated heterocycles. The van der Waals surface area contributed by atoms with Crippen molar-refractivity contribution < 1.29 is 49.0 Å². The van der Waals surface area contributed by atoms with Crippen LogP contribution < -0.4 is 0 Å². The number of ether oxygens (including phenoxy) is 4. The smallest absolute Gasteiger partial charge is 0.306 e. The second-order valence-corrected chi connectivity index (χ2v) is 14.1. The first-order valence-corrected chi connectivity index (χ1v) is 20.1. The average Bonchev–Trinajstić information content (AvgIpc) is 3.10. The quantitative estimate of drug-likeness (QED) is 0.0401. The molecule has 6 atom stereocenters. The van der Waals surface area contributed by atoms with Gasteiger partial charge in [0.1, 0.15) is 31.0 Å². The van der Waals surface area contributed by atoms with Crippen LogP contribution in [-0.2, 0) is 28.5 Å². The molecule has 1 rings (SSSR count). The van der Waals surface area contributed by atoms with Crippen molar-refractivity contribution in [1.29, 1.82) is 0 Å². The summed E-state index contributed by atoms with van der Waals surface area (Å²) in [6.07, 6.45) is 21.1. The Kier molecular flexibility index (Phi) is 29.3. The number of unbranched alkanes of at least 4 members (excludes halogenated alkanes) is 22. The lowest BCUT2D eigenvalue weighted by Crippen LogP contribution is -2.59. The van der Waals surface area contributed by atoms with Gasteiger partial charge < -0.3 is 39.4 Å². The number of aliphatic hydroxyl groups is 4. The van der Waals surface area contributed by atoms with Crippen LogP contribution >= 0.6 is 0 Å². The van der Waals surface area contributed by atoms with Crippen LogP contribution in [0, 0.1) is 0 Å². The van der Waals surface area contributed by atoms with E-state index >= 15 is 0 Å². The summed E-state index contributed by atoms with van der Waals surface area (Å²) in [5, 5.41) is 39.9. The van der Waals surface area contributed by atoms with E-state index in [9.17, 15) is 30.0 Å². The van der Waals surface area contributed by atoms with Gasteiger partial charge in [0.2, 0.25) is 0 Å². The van der Waals surface area contributed by atoms with Crippen molar-refractivity contribution in [2.75, 3.05) is 19.8 Å². The van der Waals surface area contributed by atoms with Crippen LogP contribution in [0.1, 0.15) is 181 Å². The number of carbonyl (C=O) groups excluding carboxylic acids is 2. The predicted molar refractivity (Wildman–Crippen MR) is 192 cm³/mol. The number of hydrogen-bond donors (Lipinski definition) is 4. The zero-order valence-electron chi connectivity index (χ0n) is 31.2. The number of carbonyl (C=O) groups is 2. The highest BCUT2D eigenvalue weighted by molar-refractivity contribution is 5.70. The van der Waals surface area contributed by atoms with Gasteiger partial charge in [-0.15, -0.1) is 0 Å². The summed E-state index contributed by atoms with van der Waals surface area (Å²) in [5.41, 5.74) is 0. The van der Waals surface area contributed by atoms with Gasteiger partial charge in [-0.1, -0.05) is 155 Å². The minimum atomic E-state index is -1.59. The summed E-state index contributed by atoms with van der Waals surface area (Å²) in [5.74, 6) is -0.798. The van der Waals surface area contributed by atoms with Crippen molar-refractivity contribution in [3.05, 3.63) is 0 Å². The summed E-state index contributed by atoms with van der Waals surface area (Å²) in [6, 6.07) is 0. The Morgan fingerprint density at radius 1 is 0.551 bits per heavy atom. The summed E-state index contributed by atoms with van der Waals surface area (Å²) in [4.78, 5) is 25.2. The molecule has 0 aliphatic carbocycles. The number of rotatable bonds is 33. The molecule has 1 aliphatic heterocycles. The third kappa shape index (κ3) is 23.7. The van der Waals surface area contributed by atoms with E-state index in [-0.39, 0.29) is 32.0 Å². The van der Waals surface area contributed by atoms with Gasteiger partial charge in [0, 0.05) is 12.8 Å². The van der Waals surface area contributed by atoms with Crippen molar-refractivity contribution in [2.24, 2.45) is 0 Å². The molecular formula is C39H74O10. The van der Waals surface area contributed by atoms with Crippen molar-refractivity contribution >= 4 is 11.9 Å². The fourth-order valence-electron chi connectivity index (χ4n) is 6.25. The van der Waals surface area contributed by atoms with Crippen LogP contribution in [0.5, 0.6) is 0 Å². The van der Waals surface area contributed by atoms with Gasteiger partial charge in [0.05, 0.1) is 13.2 Å². The van der Waals surface area contributed by atoms with E-state index in [1.54, 1.807) is 0 Å². The zero-order valence-corrected chi connectivity index (χ0v) is 31.2. The Morgan fingerprint density at radius 2 is 0.959 bits per heavy atom. The number of esters is 2. The monoisotopic (exact) mass is 703 g/mol. The molecule has 0 aromatic heterocycles. The topological polar surface area (TPSA) is 152 Å². The van der Waals surface area contributed by atoms with Gasteiger partial charge in [-0.3, -0.25) is 9.59 Å². The molecule has 10 nitrogen and oxygen atoms in total. The average molecular weight is 703 g/mol. The predicted octanol–water partition coefficient (Wildman–Crippen LogP) is 7.44. The highest BCUT2D eigenvalue weighted by Crippen LogP contribution is 2.22. The highest BCUT2D eigenvalue weighted by Gasteiger charge is 2.44. The van der Waals surface area contributed by atoms with Gasteiger partial charge >= 0.3 is 11.9 Å². The summed E-state index contributed by atoms with van der Waals surface area (Å²) in [7, 11) is 0. The van der Waals surface area contributed by atoms with Crippen LogP contribution in [-0.4, -0.2) is 89.0 Å². The molecule has 290 valence electrons. The van der Waals surface area contributed by atoms with Gasteiger partial charge in [0.15, 0.2) is 12.4 Å². The van der Waals surface area contributed by atoms with E-state index in [2.05, 4.69) is 13.8 Å². The van der Waals surface area contributed by atoms with E-state index < -0.39 is 49.4 Å². The first-order valence-electron chi connectivity index (χ1n) is 20.1.